The minimum absolute atomic E-state index is 0.269. The molecule has 2 rings (SSSR count). The second-order valence-electron chi connectivity index (χ2n) is 4.73. The van der Waals surface area contributed by atoms with Gasteiger partial charge in [0.1, 0.15) is 0 Å². The zero-order valence-corrected chi connectivity index (χ0v) is 12.4. The van der Waals surface area contributed by atoms with Crippen LogP contribution in [0.3, 0.4) is 0 Å². The molecule has 0 unspecified atom stereocenters. The Morgan fingerprint density at radius 1 is 0.905 bits per heavy atom. The maximum atomic E-state index is 12.0. The smallest absolute Gasteiger partial charge is 0.306 e. The van der Waals surface area contributed by atoms with E-state index in [1.165, 1.54) is 0 Å². The Labute approximate surface area is 125 Å². The van der Waals surface area contributed by atoms with Crippen molar-refractivity contribution in [3.63, 3.8) is 0 Å². The van der Waals surface area contributed by atoms with Gasteiger partial charge in [0.05, 0.1) is 5.69 Å². The van der Waals surface area contributed by atoms with Crippen LogP contribution in [0.1, 0.15) is 25.0 Å². The number of carbonyl (C=O) groups is 1. The Morgan fingerprint density at radius 3 is 2.10 bits per heavy atom. The minimum Gasteiger partial charge on any atom is -0.306 e. The van der Waals surface area contributed by atoms with Crippen molar-refractivity contribution in [3.8, 4) is 0 Å². The van der Waals surface area contributed by atoms with Gasteiger partial charge in [-0.15, -0.1) is 0 Å². The molecule has 0 radical (unpaired) electrons. The minimum atomic E-state index is -0.269. The maximum absolute atomic E-state index is 12.0. The molecule has 3 N–H and O–H groups in total. The first-order valence-electron chi connectivity index (χ1n) is 7.23. The van der Waals surface area contributed by atoms with Gasteiger partial charge in [-0.1, -0.05) is 50.2 Å². The number of hydrogen-bond donors (Lipinski definition) is 3. The Hall–Kier alpha value is -2.49. The van der Waals surface area contributed by atoms with Crippen LogP contribution < -0.4 is 16.2 Å². The van der Waals surface area contributed by atoms with Crippen molar-refractivity contribution >= 4 is 17.4 Å². The van der Waals surface area contributed by atoms with Gasteiger partial charge >= 0.3 is 6.03 Å². The van der Waals surface area contributed by atoms with E-state index in [-0.39, 0.29) is 6.03 Å². The molecule has 2 amide bonds. The van der Waals surface area contributed by atoms with E-state index in [2.05, 4.69) is 30.0 Å². The fourth-order valence-electron chi connectivity index (χ4n) is 2.20. The van der Waals surface area contributed by atoms with E-state index in [1.807, 2.05) is 48.5 Å². The Morgan fingerprint density at radius 2 is 1.52 bits per heavy atom. The predicted octanol–water partition coefficient (Wildman–Crippen LogP) is 3.96. The number of para-hydroxylation sites is 2. The fourth-order valence-corrected chi connectivity index (χ4v) is 2.20. The lowest BCUT2D eigenvalue weighted by Crippen LogP contribution is -2.34. The third-order valence-corrected chi connectivity index (χ3v) is 3.33. The van der Waals surface area contributed by atoms with Crippen LogP contribution in [-0.2, 0) is 12.8 Å². The summed E-state index contributed by atoms with van der Waals surface area (Å²) < 4.78 is 0. The second-order valence-corrected chi connectivity index (χ2v) is 4.73. The van der Waals surface area contributed by atoms with Crippen LogP contribution in [0.5, 0.6) is 0 Å². The van der Waals surface area contributed by atoms with Crippen molar-refractivity contribution in [3.05, 3.63) is 59.7 Å². The largest absolute Gasteiger partial charge is 0.337 e. The summed E-state index contributed by atoms with van der Waals surface area (Å²) in [7, 11) is 0. The number of rotatable bonds is 5. The van der Waals surface area contributed by atoms with Crippen molar-refractivity contribution in [2.45, 2.75) is 26.7 Å². The van der Waals surface area contributed by atoms with Crippen molar-refractivity contribution in [1.29, 1.82) is 0 Å². The Kier molecular flexibility index (Phi) is 5.21. The number of hydrazine groups is 1. The highest BCUT2D eigenvalue weighted by Crippen LogP contribution is 2.22. The highest BCUT2D eigenvalue weighted by Gasteiger charge is 2.09. The van der Waals surface area contributed by atoms with Crippen molar-refractivity contribution < 1.29 is 4.79 Å². The number of nitrogens with one attached hydrogen (secondary N) is 3. The van der Waals surface area contributed by atoms with Gasteiger partial charge in [-0.05, 0) is 36.1 Å². The molecular weight excluding hydrogens is 262 g/mol. The molecule has 0 spiro atoms. The lowest BCUT2D eigenvalue weighted by atomic mass is 10.0. The first kappa shape index (κ1) is 14.9. The summed E-state index contributed by atoms with van der Waals surface area (Å²) in [5.41, 5.74) is 9.57. The number of urea groups is 1. The van der Waals surface area contributed by atoms with Gasteiger partial charge in [0.15, 0.2) is 0 Å². The Balaban J connectivity index is 2.02. The molecular formula is C17H21N3O. The quantitative estimate of drug-likeness (QED) is 0.727. The van der Waals surface area contributed by atoms with Gasteiger partial charge in [-0.2, -0.15) is 0 Å². The molecule has 0 fully saturated rings. The van der Waals surface area contributed by atoms with Gasteiger partial charge in [0.2, 0.25) is 0 Å². The van der Waals surface area contributed by atoms with Crippen LogP contribution in [-0.4, -0.2) is 6.03 Å². The molecule has 0 saturated heterocycles. The molecule has 4 nitrogen and oxygen atoms in total. The van der Waals surface area contributed by atoms with Crippen molar-refractivity contribution in [1.82, 2.24) is 5.43 Å². The molecule has 2 aromatic rings. The molecule has 2 aromatic carbocycles. The van der Waals surface area contributed by atoms with Crippen molar-refractivity contribution in [2.75, 3.05) is 10.7 Å². The average Bonchev–Trinajstić information content (AvgIpc) is 2.54. The molecule has 4 heteroatoms. The van der Waals surface area contributed by atoms with Gasteiger partial charge < -0.3 is 5.32 Å². The number of aryl methyl sites for hydroxylation is 2. The van der Waals surface area contributed by atoms with Crippen LogP contribution >= 0.6 is 0 Å². The average molecular weight is 283 g/mol. The number of benzene rings is 2. The lowest BCUT2D eigenvalue weighted by Gasteiger charge is -2.15. The van der Waals surface area contributed by atoms with Crippen LogP contribution in [0, 0.1) is 0 Å². The summed E-state index contributed by atoms with van der Waals surface area (Å²) in [6.45, 7) is 4.17. The van der Waals surface area contributed by atoms with Crippen LogP contribution in [0.25, 0.3) is 0 Å². The molecule has 0 bridgehead atoms. The standard InChI is InChI=1S/C17H21N3O/c1-3-13-9-8-10-14(4-2)16(13)18-17(21)20-19-15-11-6-5-7-12-15/h5-12,19H,3-4H2,1-2H3,(H2,18,20,21). The number of hydrogen-bond acceptors (Lipinski definition) is 2. The second kappa shape index (κ2) is 7.33. The third kappa shape index (κ3) is 3.99. The summed E-state index contributed by atoms with van der Waals surface area (Å²) in [5, 5.41) is 2.94. The first-order valence-corrected chi connectivity index (χ1v) is 7.23. The molecule has 21 heavy (non-hydrogen) atoms. The zero-order chi connectivity index (χ0) is 15.1. The lowest BCUT2D eigenvalue weighted by molar-refractivity contribution is 0.254. The van der Waals surface area contributed by atoms with E-state index in [1.54, 1.807) is 0 Å². The summed E-state index contributed by atoms with van der Waals surface area (Å²) in [6, 6.07) is 15.4. The molecule has 0 aliphatic rings. The summed E-state index contributed by atoms with van der Waals surface area (Å²) in [5.74, 6) is 0. The van der Waals surface area contributed by atoms with Gasteiger partial charge in [-0.25, -0.2) is 4.79 Å². The van der Waals surface area contributed by atoms with E-state index in [4.69, 9.17) is 0 Å². The highest BCUT2D eigenvalue weighted by atomic mass is 16.2. The summed E-state index contributed by atoms with van der Waals surface area (Å²) in [4.78, 5) is 12.0. The van der Waals surface area contributed by atoms with E-state index in [9.17, 15) is 4.79 Å². The van der Waals surface area contributed by atoms with Crippen molar-refractivity contribution in [2.24, 2.45) is 0 Å². The van der Waals surface area contributed by atoms with E-state index >= 15 is 0 Å². The third-order valence-electron chi connectivity index (χ3n) is 3.33. The number of carbonyl (C=O) groups excluding carboxylic acids is 1. The Bertz CT molecular complexity index is 574. The van der Waals surface area contributed by atoms with Crippen LogP contribution in [0.4, 0.5) is 16.2 Å². The predicted molar refractivity (Wildman–Crippen MR) is 87.4 cm³/mol. The SMILES string of the molecule is CCc1cccc(CC)c1NC(=O)NNc1ccccc1. The van der Waals surface area contributed by atoms with E-state index in [0.717, 1.165) is 35.3 Å². The normalized spacial score (nSPS) is 10.0. The molecule has 0 aliphatic carbocycles. The molecule has 0 aromatic heterocycles. The molecule has 0 aliphatic heterocycles. The number of anilines is 2. The maximum Gasteiger partial charge on any atom is 0.337 e. The highest BCUT2D eigenvalue weighted by molar-refractivity contribution is 5.91. The van der Waals surface area contributed by atoms with Gasteiger partial charge in [0.25, 0.3) is 0 Å². The van der Waals surface area contributed by atoms with Crippen LogP contribution in [0.15, 0.2) is 48.5 Å². The molecule has 110 valence electrons. The molecule has 0 heterocycles. The van der Waals surface area contributed by atoms with E-state index in [0.29, 0.717) is 0 Å². The molecule has 0 atom stereocenters. The van der Waals surface area contributed by atoms with E-state index < -0.39 is 0 Å². The summed E-state index contributed by atoms with van der Waals surface area (Å²) in [6.07, 6.45) is 1.77. The van der Waals surface area contributed by atoms with Gasteiger partial charge in [-0.3, -0.25) is 10.9 Å². The topological polar surface area (TPSA) is 53.2 Å². The zero-order valence-electron chi connectivity index (χ0n) is 12.4. The molecule has 0 saturated carbocycles. The number of amides is 2. The summed E-state index contributed by atoms with van der Waals surface area (Å²) >= 11 is 0. The van der Waals surface area contributed by atoms with Crippen LogP contribution in [0.2, 0.25) is 0 Å². The first-order chi connectivity index (χ1) is 10.2. The van der Waals surface area contributed by atoms with Gasteiger partial charge in [0, 0.05) is 5.69 Å². The monoisotopic (exact) mass is 283 g/mol. The fraction of sp³-hybridized carbons (Fsp3) is 0.235.